The molecule has 6 aromatic carbocycles. The van der Waals surface area contributed by atoms with Crippen molar-refractivity contribution in [2.24, 2.45) is 0 Å². The SMILES string of the molecule is CC(C)(C)OC(=O)N1CC[C@@H](n2c(C#N)c(-c3ccc(Oc4ccccc4)cc3)c3c(N)ncnc32)C1.CN(C/C=C/C(=O)N1CC[C@@H](n2c(C(=O)O)c(-c3ccc(Oc4ccccc4)cc3)c3c(N)ncnc32)C1)C1CC1.CN(C/C=C/C(=O)O)C1CC1.Nc1ncnc2c1c(-c1ccc(Oc3ccccc3)cc1)c(C(=O)O)n2[C@@H]1CCNC1.[Na+].[OH-]. The van der Waals surface area contributed by atoms with Gasteiger partial charge in [0.1, 0.15) is 117 Å². The van der Waals surface area contributed by atoms with Crippen LogP contribution in [-0.2, 0) is 14.3 Å². The average Bonchev–Trinajstić information content (AvgIpc) is 1.57. The van der Waals surface area contributed by atoms with Crippen molar-refractivity contribution in [1.82, 2.24) is 68.5 Å². The third kappa shape index (κ3) is 20.7. The van der Waals surface area contributed by atoms with E-state index in [0.29, 0.717) is 153 Å². The van der Waals surface area contributed by atoms with E-state index in [2.05, 4.69) is 58.1 Å². The Morgan fingerprint density at radius 1 is 0.500 bits per heavy atom. The second kappa shape index (κ2) is 39.4. The number of amides is 2. The van der Waals surface area contributed by atoms with Gasteiger partial charge in [-0.15, -0.1) is 0 Å². The van der Waals surface area contributed by atoms with E-state index >= 15 is 0 Å². The molecule has 2 aliphatic carbocycles. The molecule has 3 atom stereocenters. The van der Waals surface area contributed by atoms with Gasteiger partial charge >= 0.3 is 53.6 Å². The molecule has 3 aliphatic heterocycles. The first-order valence-electron chi connectivity index (χ1n) is 39.7. The Labute approximate surface area is 726 Å². The number of fused-ring (bicyclic) bond motifs is 3. The predicted molar refractivity (Wildman–Crippen MR) is 458 cm³/mol. The summed E-state index contributed by atoms with van der Waals surface area (Å²) in [6, 6.07) is 53.6. The molecule has 5 aliphatic rings. The van der Waals surface area contributed by atoms with Gasteiger partial charge in [-0.3, -0.25) is 14.6 Å². The Hall–Kier alpha value is -13.1. The summed E-state index contributed by atoms with van der Waals surface area (Å²) in [6.07, 6.45) is 17.2. The number of carboxylic acid groups (broad SMARTS) is 3. The summed E-state index contributed by atoms with van der Waals surface area (Å²) in [4.78, 5) is 94.6. The fourth-order valence-electron chi connectivity index (χ4n) is 15.4. The maximum atomic E-state index is 13.0. The van der Waals surface area contributed by atoms with Crippen molar-refractivity contribution in [3.63, 3.8) is 0 Å². The number of para-hydroxylation sites is 3. The molecular weight excluding hydrogens is 1560 g/mol. The van der Waals surface area contributed by atoms with Crippen LogP contribution in [-0.4, -0.2) is 198 Å². The number of aromatic carboxylic acids is 2. The smallest absolute Gasteiger partial charge is 0.870 e. The number of carboxylic acids is 3. The van der Waals surface area contributed by atoms with E-state index < -0.39 is 23.5 Å². The number of hydrogen-bond donors (Lipinski definition) is 7. The van der Waals surface area contributed by atoms with E-state index in [4.69, 9.17) is 41.3 Å². The number of aromatic nitrogens is 9. The van der Waals surface area contributed by atoms with Crippen molar-refractivity contribution in [3.05, 3.63) is 224 Å². The van der Waals surface area contributed by atoms with Crippen molar-refractivity contribution >= 4 is 80.5 Å². The summed E-state index contributed by atoms with van der Waals surface area (Å²) < 4.78 is 28.7. The second-order valence-electron chi connectivity index (χ2n) is 30.9. The Bertz CT molecular complexity index is 5810. The quantitative estimate of drug-likeness (QED) is 0.0245. The molecule has 12 aromatic rings. The zero-order chi connectivity index (χ0) is 84.3. The van der Waals surface area contributed by atoms with Gasteiger partial charge in [0.25, 0.3) is 0 Å². The molecule has 624 valence electrons. The summed E-state index contributed by atoms with van der Waals surface area (Å²) in [7, 11) is 4.09. The summed E-state index contributed by atoms with van der Waals surface area (Å²) in [5.74, 6) is 1.79. The van der Waals surface area contributed by atoms with Crippen LogP contribution in [0.3, 0.4) is 0 Å². The standard InChI is InChI=1S/C31H32N6O4.C28H28N6O3.C23H21N5O3.C8H13NO2.Na.H2O/c1-35(21-11-12-21)16-5-8-25(38)36-17-15-22(18-36)37-28(31(39)40)26(27-29(32)33-19-34-30(27)37)20-9-13-24(14-10-20)41-23-6-3-2-4-7-23;1-28(2,3)37-27(35)33-14-13-19(16-33)34-22(15-29)23(24-25(30)31-17-32-26(24)34)18-9-11-21(12-10-18)36-20-7-5-4-6-8-20;24-21-19-18(14-6-8-17(9-7-14)31-16-4-2-1-3-5-16)20(23(29)30)28(15-10-11-25-12-15)22(19)27-13-26-21;1-9(7-4-5-7)6-2-3-8(10)11;;/h2-10,13-14,19,21-22H,11-12,15-18H2,1H3,(H,39,40)(H2,32,33,34);4-12,17,19H,13-14,16H2,1-3H3,(H2,30,31,32);1-9,13,15,25H,10-12H2,(H,29,30)(H2,24,26,27);2-3,7H,4-6H2,1H3,(H,10,11);;1H2/q;;;;+1;/p-1/b8-5+;;;3-2+;;/t22-;19-;15-;;;/m111.../s1. The minimum Gasteiger partial charge on any atom is -0.870 e. The fourth-order valence-corrected chi connectivity index (χ4v) is 15.4. The molecular formula is C90H95N18NaO13. The number of benzene rings is 6. The van der Waals surface area contributed by atoms with E-state index in [1.165, 1.54) is 50.7 Å². The van der Waals surface area contributed by atoms with Crippen LogP contribution < -0.4 is 66.3 Å². The molecule has 122 heavy (non-hydrogen) atoms. The molecule has 17 rings (SSSR count). The largest absolute Gasteiger partial charge is 1.00 e. The number of likely N-dealkylation sites (N-methyl/N-ethyl adjacent to an activating group) is 2. The summed E-state index contributed by atoms with van der Waals surface area (Å²) >= 11 is 0. The van der Waals surface area contributed by atoms with Gasteiger partial charge in [-0.05, 0) is 176 Å². The molecule has 32 heteroatoms. The molecule has 31 nitrogen and oxygen atoms in total. The second-order valence-corrected chi connectivity index (χ2v) is 30.9. The van der Waals surface area contributed by atoms with Crippen molar-refractivity contribution in [3.8, 4) is 73.9 Å². The number of carbonyl (C=O) groups excluding carboxylic acids is 2. The van der Waals surface area contributed by atoms with Gasteiger partial charge in [-0.2, -0.15) is 5.26 Å². The van der Waals surface area contributed by atoms with Crippen LogP contribution in [0.15, 0.2) is 207 Å². The fraction of sp³-hybridized carbons (Fsp3) is 0.289. The van der Waals surface area contributed by atoms with Crippen LogP contribution in [0.1, 0.15) is 111 Å². The van der Waals surface area contributed by atoms with Gasteiger partial charge in [0.2, 0.25) is 5.91 Å². The molecule has 5 fully saturated rings. The van der Waals surface area contributed by atoms with Gasteiger partial charge in [0, 0.05) is 92.8 Å². The molecule has 2 saturated carbocycles. The summed E-state index contributed by atoms with van der Waals surface area (Å²) in [6.45, 7) is 10.3. The monoisotopic (exact) mass is 1660 g/mol. The van der Waals surface area contributed by atoms with Crippen molar-refractivity contribution in [1.29, 1.82) is 5.26 Å². The van der Waals surface area contributed by atoms with Crippen LogP contribution in [0.5, 0.6) is 34.5 Å². The number of nitrogens with zero attached hydrogens (tertiary/aromatic N) is 14. The van der Waals surface area contributed by atoms with Crippen LogP contribution in [0, 0.1) is 11.3 Å². The number of nitriles is 1. The third-order valence-corrected chi connectivity index (χ3v) is 21.4. The molecule has 2 amide bonds. The number of anilines is 3. The molecule has 3 saturated heterocycles. The number of hydrogen-bond acceptors (Lipinski definition) is 23. The van der Waals surface area contributed by atoms with Crippen molar-refractivity contribution in [2.45, 2.75) is 102 Å². The van der Waals surface area contributed by atoms with Crippen molar-refractivity contribution in [2.75, 3.05) is 83.7 Å². The number of aliphatic carboxylic acids is 1. The molecule has 6 aromatic heterocycles. The maximum absolute atomic E-state index is 13.0. The minimum absolute atomic E-state index is 0. The van der Waals surface area contributed by atoms with E-state index in [0.717, 1.165) is 43.1 Å². The number of ether oxygens (including phenoxy) is 4. The minimum atomic E-state index is -1.10. The first-order chi connectivity index (χ1) is 58.0. The van der Waals surface area contributed by atoms with Gasteiger partial charge in [0.05, 0.1) is 28.2 Å². The Balaban J connectivity index is 0.000000157. The van der Waals surface area contributed by atoms with Crippen LogP contribution in [0.25, 0.3) is 66.5 Å². The van der Waals surface area contributed by atoms with Gasteiger partial charge < -0.3 is 85.8 Å². The number of likely N-dealkylation sites (tertiary alicyclic amines) is 2. The van der Waals surface area contributed by atoms with Crippen LogP contribution >= 0.6 is 0 Å². The van der Waals surface area contributed by atoms with E-state index in [1.54, 1.807) is 43.2 Å². The van der Waals surface area contributed by atoms with Crippen LogP contribution in [0.2, 0.25) is 0 Å². The number of rotatable bonds is 22. The Morgan fingerprint density at radius 3 is 1.25 bits per heavy atom. The average molecular weight is 1660 g/mol. The summed E-state index contributed by atoms with van der Waals surface area (Å²) in [5, 5.41) is 44.1. The van der Waals surface area contributed by atoms with E-state index in [9.17, 15) is 39.4 Å². The number of nitrogen functional groups attached to an aromatic ring is 3. The third-order valence-electron chi connectivity index (χ3n) is 21.4. The first-order valence-corrected chi connectivity index (χ1v) is 39.7. The molecule has 0 spiro atoms. The number of nitrogens with one attached hydrogen (secondary N) is 1. The first kappa shape index (κ1) is 88.2. The normalized spacial score (nSPS) is 16.1. The van der Waals surface area contributed by atoms with Crippen molar-refractivity contribution < 1.29 is 93.3 Å². The number of nitrogens with two attached hydrogens (primary N) is 3. The van der Waals surface area contributed by atoms with Gasteiger partial charge in [-0.25, -0.2) is 49.1 Å². The van der Waals surface area contributed by atoms with Gasteiger partial charge in [-0.1, -0.05) is 103 Å². The predicted octanol–water partition coefficient (Wildman–Crippen LogP) is 11.4. The zero-order valence-electron chi connectivity index (χ0n) is 68.6. The molecule has 11 N–H and O–H groups in total. The number of carbonyl (C=O) groups is 5. The topological polar surface area (TPSA) is 432 Å². The van der Waals surface area contributed by atoms with Crippen LogP contribution in [0.4, 0.5) is 22.2 Å². The Kier molecular flexibility index (Phi) is 28.5. The maximum Gasteiger partial charge on any atom is 1.00 e. The molecule has 9 heterocycles. The zero-order valence-corrected chi connectivity index (χ0v) is 70.6. The van der Waals surface area contributed by atoms with E-state index in [1.807, 2.05) is 190 Å². The summed E-state index contributed by atoms with van der Waals surface area (Å²) in [5.41, 5.74) is 24.3. The molecule has 0 unspecified atom stereocenters. The van der Waals surface area contributed by atoms with E-state index in [-0.39, 0.29) is 88.2 Å². The molecule has 0 bridgehead atoms. The molecule has 0 radical (unpaired) electrons. The van der Waals surface area contributed by atoms with Gasteiger partial charge in [0.15, 0.2) is 0 Å². The Morgan fingerprint density at radius 2 is 0.869 bits per heavy atom.